The number of H-pyrrole nitrogens is 1. The highest BCUT2D eigenvalue weighted by atomic mass is 16.4. The van der Waals surface area contributed by atoms with Gasteiger partial charge in [0, 0.05) is 12.1 Å². The number of nitrogens with one attached hydrogen (secondary N) is 1. The maximum atomic E-state index is 11.8. The number of carbonyl (C=O) groups is 1. The third-order valence-corrected chi connectivity index (χ3v) is 3.60. The standard InChI is InChI=1S/C12H13N3O3/c16-11-9-5-2-6-15(9)14-10(13-11)7-3-1-4-8(7)12(17)18/h2,5-8H,1,3-4H2,(H,17,18)(H,13,14,16)/t7?,8-/m0/s1. The van der Waals surface area contributed by atoms with Crippen molar-refractivity contribution in [1.29, 1.82) is 0 Å². The number of hydrogen-bond donors (Lipinski definition) is 2. The molecule has 6 nitrogen and oxygen atoms in total. The highest BCUT2D eigenvalue weighted by Gasteiger charge is 2.35. The summed E-state index contributed by atoms with van der Waals surface area (Å²) in [5.74, 6) is -0.968. The summed E-state index contributed by atoms with van der Waals surface area (Å²) in [6, 6.07) is 3.42. The first-order valence-electron chi connectivity index (χ1n) is 5.97. The molecule has 0 radical (unpaired) electrons. The molecule has 1 fully saturated rings. The van der Waals surface area contributed by atoms with E-state index in [1.54, 1.807) is 18.3 Å². The maximum absolute atomic E-state index is 11.8. The molecule has 3 rings (SSSR count). The van der Waals surface area contributed by atoms with Gasteiger partial charge in [-0.3, -0.25) is 9.59 Å². The molecular formula is C12H13N3O3. The van der Waals surface area contributed by atoms with E-state index in [0.717, 1.165) is 12.8 Å². The average Bonchev–Trinajstić information content (AvgIpc) is 2.97. The van der Waals surface area contributed by atoms with Crippen molar-refractivity contribution in [2.24, 2.45) is 5.92 Å². The van der Waals surface area contributed by atoms with Crippen LogP contribution in [0.4, 0.5) is 0 Å². The van der Waals surface area contributed by atoms with Gasteiger partial charge in [-0.15, -0.1) is 0 Å². The molecule has 1 aliphatic carbocycles. The van der Waals surface area contributed by atoms with Crippen LogP contribution in [0.5, 0.6) is 0 Å². The summed E-state index contributed by atoms with van der Waals surface area (Å²) in [5.41, 5.74) is 0.254. The van der Waals surface area contributed by atoms with Crippen LogP contribution in [-0.4, -0.2) is 25.7 Å². The first-order chi connectivity index (χ1) is 8.66. The van der Waals surface area contributed by atoms with E-state index in [2.05, 4.69) is 10.1 Å². The second-order valence-corrected chi connectivity index (χ2v) is 4.66. The molecule has 94 valence electrons. The number of rotatable bonds is 2. The molecule has 0 spiro atoms. The predicted octanol–water partition coefficient (Wildman–Crippen LogP) is 0.991. The Balaban J connectivity index is 2.08. The minimum atomic E-state index is -0.812. The van der Waals surface area contributed by atoms with Crippen molar-refractivity contribution in [3.63, 3.8) is 0 Å². The lowest BCUT2D eigenvalue weighted by molar-refractivity contribution is -0.142. The molecule has 2 atom stereocenters. The van der Waals surface area contributed by atoms with E-state index in [0.29, 0.717) is 17.8 Å². The van der Waals surface area contributed by atoms with Crippen molar-refractivity contribution in [3.05, 3.63) is 34.5 Å². The van der Waals surface area contributed by atoms with Gasteiger partial charge in [0.25, 0.3) is 5.56 Å². The third-order valence-electron chi connectivity index (χ3n) is 3.60. The lowest BCUT2D eigenvalue weighted by Crippen LogP contribution is -2.23. The largest absolute Gasteiger partial charge is 0.481 e. The van der Waals surface area contributed by atoms with E-state index in [1.165, 1.54) is 4.52 Å². The summed E-state index contributed by atoms with van der Waals surface area (Å²) in [4.78, 5) is 25.7. The number of aliphatic carboxylic acids is 1. The fourth-order valence-electron chi connectivity index (χ4n) is 2.71. The van der Waals surface area contributed by atoms with Gasteiger partial charge in [-0.2, -0.15) is 5.10 Å². The number of fused-ring (bicyclic) bond motifs is 1. The molecule has 0 bridgehead atoms. The van der Waals surface area contributed by atoms with E-state index in [9.17, 15) is 9.59 Å². The molecule has 1 aliphatic rings. The SMILES string of the molecule is O=C(O)[C@H]1CCCC1c1nn2cccc2c(=O)[nH]1. The number of carboxylic acids is 1. The predicted molar refractivity (Wildman–Crippen MR) is 63.5 cm³/mol. The molecule has 2 aromatic rings. The Labute approximate surface area is 102 Å². The molecule has 2 aromatic heterocycles. The Bertz CT molecular complexity index is 658. The van der Waals surface area contributed by atoms with Crippen LogP contribution in [0, 0.1) is 5.92 Å². The molecule has 1 unspecified atom stereocenters. The monoisotopic (exact) mass is 247 g/mol. The van der Waals surface area contributed by atoms with Gasteiger partial charge in [-0.05, 0) is 25.0 Å². The first-order valence-corrected chi connectivity index (χ1v) is 5.97. The molecule has 6 heteroatoms. The van der Waals surface area contributed by atoms with E-state index >= 15 is 0 Å². The number of nitrogens with zero attached hydrogens (tertiary/aromatic N) is 2. The minimum Gasteiger partial charge on any atom is -0.481 e. The van der Waals surface area contributed by atoms with Crippen molar-refractivity contribution in [3.8, 4) is 0 Å². The van der Waals surface area contributed by atoms with Crippen molar-refractivity contribution in [1.82, 2.24) is 14.6 Å². The Kier molecular flexibility index (Phi) is 2.43. The van der Waals surface area contributed by atoms with Crippen LogP contribution >= 0.6 is 0 Å². The lowest BCUT2D eigenvalue weighted by Gasteiger charge is -2.14. The van der Waals surface area contributed by atoms with Gasteiger partial charge in [0.05, 0.1) is 5.92 Å². The first kappa shape index (κ1) is 11.0. The zero-order chi connectivity index (χ0) is 12.7. The highest BCUT2D eigenvalue weighted by molar-refractivity contribution is 5.71. The Hall–Kier alpha value is -2.11. The second-order valence-electron chi connectivity index (χ2n) is 4.66. The van der Waals surface area contributed by atoms with Crippen LogP contribution in [0.2, 0.25) is 0 Å². The zero-order valence-electron chi connectivity index (χ0n) is 9.67. The number of aromatic nitrogens is 3. The fraction of sp³-hybridized carbons (Fsp3) is 0.417. The summed E-state index contributed by atoms with van der Waals surface area (Å²) in [7, 11) is 0. The molecule has 0 aliphatic heterocycles. The van der Waals surface area contributed by atoms with Gasteiger partial charge in [0.15, 0.2) is 0 Å². The summed E-state index contributed by atoms with van der Waals surface area (Å²) in [6.45, 7) is 0. The van der Waals surface area contributed by atoms with E-state index in [-0.39, 0.29) is 11.5 Å². The van der Waals surface area contributed by atoms with Gasteiger partial charge >= 0.3 is 5.97 Å². The molecule has 2 heterocycles. The van der Waals surface area contributed by atoms with Crippen molar-refractivity contribution >= 4 is 11.5 Å². The maximum Gasteiger partial charge on any atom is 0.307 e. The molecule has 0 aromatic carbocycles. The van der Waals surface area contributed by atoms with Crippen LogP contribution in [0.25, 0.3) is 5.52 Å². The summed E-state index contributed by atoms with van der Waals surface area (Å²) >= 11 is 0. The normalized spacial score (nSPS) is 23.6. The molecule has 18 heavy (non-hydrogen) atoms. The Morgan fingerprint density at radius 2 is 2.33 bits per heavy atom. The number of carboxylic acid groups (broad SMARTS) is 1. The third kappa shape index (κ3) is 1.61. The number of hydrogen-bond acceptors (Lipinski definition) is 3. The van der Waals surface area contributed by atoms with Crippen LogP contribution in [0.3, 0.4) is 0 Å². The number of aromatic amines is 1. The van der Waals surface area contributed by atoms with Crippen molar-refractivity contribution in [2.75, 3.05) is 0 Å². The zero-order valence-corrected chi connectivity index (χ0v) is 9.67. The van der Waals surface area contributed by atoms with Gasteiger partial charge in [-0.25, -0.2) is 4.52 Å². The Morgan fingerprint density at radius 1 is 1.50 bits per heavy atom. The van der Waals surface area contributed by atoms with Crippen molar-refractivity contribution in [2.45, 2.75) is 25.2 Å². The van der Waals surface area contributed by atoms with E-state index in [4.69, 9.17) is 5.11 Å². The van der Waals surface area contributed by atoms with Crippen LogP contribution in [-0.2, 0) is 4.79 Å². The summed E-state index contributed by atoms with van der Waals surface area (Å²) < 4.78 is 1.51. The highest BCUT2D eigenvalue weighted by Crippen LogP contribution is 2.37. The van der Waals surface area contributed by atoms with E-state index in [1.807, 2.05) is 0 Å². The molecule has 0 saturated heterocycles. The van der Waals surface area contributed by atoms with Crippen molar-refractivity contribution < 1.29 is 9.90 Å². The van der Waals surface area contributed by atoms with Crippen LogP contribution < -0.4 is 5.56 Å². The molecule has 2 N–H and O–H groups in total. The molecular weight excluding hydrogens is 234 g/mol. The van der Waals surface area contributed by atoms with Crippen LogP contribution in [0.1, 0.15) is 31.0 Å². The topological polar surface area (TPSA) is 87.5 Å². The minimum absolute atomic E-state index is 0.193. The summed E-state index contributed by atoms with van der Waals surface area (Å²) in [6.07, 6.45) is 3.95. The van der Waals surface area contributed by atoms with Crippen LogP contribution in [0.15, 0.2) is 23.1 Å². The lowest BCUT2D eigenvalue weighted by atomic mass is 9.95. The van der Waals surface area contributed by atoms with Gasteiger partial charge in [0.2, 0.25) is 0 Å². The van der Waals surface area contributed by atoms with Gasteiger partial charge < -0.3 is 10.1 Å². The van der Waals surface area contributed by atoms with Gasteiger partial charge in [0.1, 0.15) is 11.3 Å². The Morgan fingerprint density at radius 3 is 3.11 bits per heavy atom. The quantitative estimate of drug-likeness (QED) is 0.828. The average molecular weight is 247 g/mol. The van der Waals surface area contributed by atoms with E-state index < -0.39 is 11.9 Å². The molecule has 1 saturated carbocycles. The molecule has 0 amide bonds. The summed E-state index contributed by atoms with van der Waals surface area (Å²) in [5, 5.41) is 13.5. The van der Waals surface area contributed by atoms with Gasteiger partial charge in [-0.1, -0.05) is 6.42 Å². The fourth-order valence-corrected chi connectivity index (χ4v) is 2.71. The smallest absolute Gasteiger partial charge is 0.307 e. The second kappa shape index (κ2) is 3.97.